The summed E-state index contributed by atoms with van der Waals surface area (Å²) in [5.41, 5.74) is 3.98. The third kappa shape index (κ3) is 3.64. The van der Waals surface area contributed by atoms with Crippen LogP contribution in [0, 0.1) is 0 Å². The maximum absolute atomic E-state index is 11.5. The van der Waals surface area contributed by atoms with Crippen LogP contribution >= 0.6 is 0 Å². The van der Waals surface area contributed by atoms with Crippen LogP contribution in [-0.4, -0.2) is 24.1 Å². The highest BCUT2D eigenvalue weighted by molar-refractivity contribution is 5.86. The second-order valence-corrected chi connectivity index (χ2v) is 3.29. The van der Waals surface area contributed by atoms with Gasteiger partial charge in [-0.05, 0) is 20.3 Å². The standard InChI is InChI=1S/C9H18N2O3/c1-4-6-9(3,11-8(10)13)7(12)14-5-2/h4-6H2,1-3H3,(H3,10,11,13). The molecule has 82 valence electrons. The Morgan fingerprint density at radius 1 is 1.43 bits per heavy atom. The highest BCUT2D eigenvalue weighted by Gasteiger charge is 2.34. The van der Waals surface area contributed by atoms with E-state index in [1.807, 2.05) is 6.92 Å². The summed E-state index contributed by atoms with van der Waals surface area (Å²) < 4.78 is 4.85. The van der Waals surface area contributed by atoms with Gasteiger partial charge < -0.3 is 15.8 Å². The number of nitrogens with two attached hydrogens (primary N) is 1. The van der Waals surface area contributed by atoms with E-state index in [4.69, 9.17) is 10.5 Å². The zero-order valence-electron chi connectivity index (χ0n) is 8.92. The maximum atomic E-state index is 11.5. The zero-order valence-corrected chi connectivity index (χ0v) is 8.92. The molecule has 5 nitrogen and oxygen atoms in total. The summed E-state index contributed by atoms with van der Waals surface area (Å²) in [7, 11) is 0. The van der Waals surface area contributed by atoms with E-state index in [0.29, 0.717) is 13.0 Å². The summed E-state index contributed by atoms with van der Waals surface area (Å²) in [5.74, 6) is -0.444. The molecule has 0 aromatic heterocycles. The van der Waals surface area contributed by atoms with Crippen LogP contribution in [-0.2, 0) is 9.53 Å². The number of rotatable bonds is 5. The first-order valence-corrected chi connectivity index (χ1v) is 4.71. The van der Waals surface area contributed by atoms with Crippen LogP contribution in [0.3, 0.4) is 0 Å². The molecule has 0 saturated heterocycles. The van der Waals surface area contributed by atoms with Gasteiger partial charge >= 0.3 is 12.0 Å². The molecule has 0 aliphatic rings. The average molecular weight is 202 g/mol. The third-order valence-corrected chi connectivity index (χ3v) is 1.88. The van der Waals surface area contributed by atoms with Gasteiger partial charge in [0.25, 0.3) is 0 Å². The zero-order chi connectivity index (χ0) is 11.2. The normalized spacial score (nSPS) is 14.2. The molecule has 0 bridgehead atoms. The number of hydrogen-bond acceptors (Lipinski definition) is 3. The Labute approximate surface area is 84.0 Å². The largest absolute Gasteiger partial charge is 0.464 e. The van der Waals surface area contributed by atoms with Crippen molar-refractivity contribution in [3.63, 3.8) is 0 Å². The lowest BCUT2D eigenvalue weighted by molar-refractivity contribution is -0.150. The van der Waals surface area contributed by atoms with E-state index >= 15 is 0 Å². The summed E-state index contributed by atoms with van der Waals surface area (Å²) in [4.78, 5) is 22.2. The molecule has 0 rings (SSSR count). The summed E-state index contributed by atoms with van der Waals surface area (Å²) >= 11 is 0. The summed E-state index contributed by atoms with van der Waals surface area (Å²) in [5, 5.41) is 2.41. The van der Waals surface area contributed by atoms with Crippen LogP contribution in [0.2, 0.25) is 0 Å². The molecule has 0 spiro atoms. The van der Waals surface area contributed by atoms with E-state index in [0.717, 1.165) is 6.42 Å². The van der Waals surface area contributed by atoms with Crippen LogP contribution in [0.1, 0.15) is 33.6 Å². The number of amides is 2. The Hall–Kier alpha value is -1.26. The van der Waals surface area contributed by atoms with E-state index in [-0.39, 0.29) is 0 Å². The van der Waals surface area contributed by atoms with Crippen LogP contribution in [0.4, 0.5) is 4.79 Å². The van der Waals surface area contributed by atoms with E-state index < -0.39 is 17.5 Å². The van der Waals surface area contributed by atoms with Crippen molar-refractivity contribution in [1.29, 1.82) is 0 Å². The fourth-order valence-corrected chi connectivity index (χ4v) is 1.28. The molecule has 0 heterocycles. The van der Waals surface area contributed by atoms with Crippen molar-refractivity contribution in [3.05, 3.63) is 0 Å². The van der Waals surface area contributed by atoms with Gasteiger partial charge in [0.15, 0.2) is 0 Å². The molecule has 2 amide bonds. The quantitative estimate of drug-likeness (QED) is 0.646. The van der Waals surface area contributed by atoms with E-state index in [9.17, 15) is 9.59 Å². The number of ether oxygens (including phenoxy) is 1. The lowest BCUT2D eigenvalue weighted by Crippen LogP contribution is -2.54. The topological polar surface area (TPSA) is 81.4 Å². The van der Waals surface area contributed by atoms with Crippen molar-refractivity contribution in [2.24, 2.45) is 5.73 Å². The fraction of sp³-hybridized carbons (Fsp3) is 0.778. The van der Waals surface area contributed by atoms with E-state index in [1.54, 1.807) is 13.8 Å². The predicted octanol–water partition coefficient (Wildman–Crippen LogP) is 0.777. The molecule has 0 fully saturated rings. The second-order valence-electron chi connectivity index (χ2n) is 3.29. The lowest BCUT2D eigenvalue weighted by Gasteiger charge is -2.26. The predicted molar refractivity (Wildman–Crippen MR) is 52.7 cm³/mol. The van der Waals surface area contributed by atoms with Gasteiger partial charge in [0, 0.05) is 0 Å². The van der Waals surface area contributed by atoms with Gasteiger partial charge in [-0.2, -0.15) is 0 Å². The number of primary amides is 1. The molecule has 0 aromatic carbocycles. The molecular weight excluding hydrogens is 184 g/mol. The molecule has 14 heavy (non-hydrogen) atoms. The summed E-state index contributed by atoms with van der Waals surface area (Å²) in [6.07, 6.45) is 1.27. The second kappa shape index (κ2) is 5.47. The fourth-order valence-electron chi connectivity index (χ4n) is 1.28. The van der Waals surface area contributed by atoms with Crippen LogP contribution in [0.15, 0.2) is 0 Å². The minimum atomic E-state index is -1.00. The van der Waals surface area contributed by atoms with Gasteiger partial charge in [0.2, 0.25) is 0 Å². The van der Waals surface area contributed by atoms with Gasteiger partial charge in [0.05, 0.1) is 6.61 Å². The van der Waals surface area contributed by atoms with Gasteiger partial charge in [-0.3, -0.25) is 0 Å². The van der Waals surface area contributed by atoms with Gasteiger partial charge in [0.1, 0.15) is 5.54 Å². The smallest absolute Gasteiger partial charge is 0.331 e. The van der Waals surface area contributed by atoms with Gasteiger partial charge in [-0.1, -0.05) is 13.3 Å². The Balaban J connectivity index is 4.51. The van der Waals surface area contributed by atoms with Crippen LogP contribution in [0.25, 0.3) is 0 Å². The average Bonchev–Trinajstić information content (AvgIpc) is 2.03. The van der Waals surface area contributed by atoms with Crippen molar-refractivity contribution >= 4 is 12.0 Å². The molecule has 3 N–H and O–H groups in total. The van der Waals surface area contributed by atoms with Crippen molar-refractivity contribution < 1.29 is 14.3 Å². The SMILES string of the molecule is CCCC(C)(NC(N)=O)C(=O)OCC. The molecule has 1 atom stereocenters. The Morgan fingerprint density at radius 3 is 2.36 bits per heavy atom. The lowest BCUT2D eigenvalue weighted by atomic mass is 9.96. The highest BCUT2D eigenvalue weighted by Crippen LogP contribution is 2.14. The van der Waals surface area contributed by atoms with Gasteiger partial charge in [-0.25, -0.2) is 9.59 Å². The summed E-state index contributed by atoms with van der Waals surface area (Å²) in [6, 6.07) is -0.714. The molecule has 0 aliphatic carbocycles. The molecule has 0 aliphatic heterocycles. The molecular formula is C9H18N2O3. The monoisotopic (exact) mass is 202 g/mol. The first-order valence-electron chi connectivity index (χ1n) is 4.71. The minimum absolute atomic E-state index is 0.290. The van der Waals surface area contributed by atoms with Crippen molar-refractivity contribution in [2.45, 2.75) is 39.2 Å². The number of carbonyl (C=O) groups excluding carboxylic acids is 2. The summed E-state index contributed by atoms with van der Waals surface area (Å²) in [6.45, 7) is 5.53. The third-order valence-electron chi connectivity index (χ3n) is 1.88. The molecule has 5 heteroatoms. The minimum Gasteiger partial charge on any atom is -0.464 e. The number of esters is 1. The Morgan fingerprint density at radius 2 is 2.00 bits per heavy atom. The van der Waals surface area contributed by atoms with Crippen molar-refractivity contribution in [2.75, 3.05) is 6.61 Å². The maximum Gasteiger partial charge on any atom is 0.331 e. The number of urea groups is 1. The number of carbonyl (C=O) groups is 2. The van der Waals surface area contributed by atoms with E-state index in [2.05, 4.69) is 5.32 Å². The first kappa shape index (κ1) is 12.7. The van der Waals surface area contributed by atoms with Gasteiger partial charge in [-0.15, -0.1) is 0 Å². The molecule has 1 unspecified atom stereocenters. The van der Waals surface area contributed by atoms with E-state index in [1.165, 1.54) is 0 Å². The molecule has 0 saturated carbocycles. The van der Waals surface area contributed by atoms with Crippen molar-refractivity contribution in [1.82, 2.24) is 5.32 Å². The highest BCUT2D eigenvalue weighted by atomic mass is 16.5. The van der Waals surface area contributed by atoms with Crippen LogP contribution < -0.4 is 11.1 Å². The molecule has 0 radical (unpaired) electrons. The van der Waals surface area contributed by atoms with Crippen molar-refractivity contribution in [3.8, 4) is 0 Å². The number of hydrogen-bond donors (Lipinski definition) is 2. The van der Waals surface area contributed by atoms with Crippen LogP contribution in [0.5, 0.6) is 0 Å². The molecule has 0 aromatic rings. The Kier molecular flexibility index (Phi) is 4.97. The Bertz CT molecular complexity index is 218. The first-order chi connectivity index (χ1) is 6.46. The number of nitrogens with one attached hydrogen (secondary N) is 1.